The number of piperidine rings is 1. The topological polar surface area (TPSA) is 181 Å². The zero-order valence-electron chi connectivity index (χ0n) is 29.3. The van der Waals surface area contributed by atoms with E-state index in [9.17, 15) is 32.0 Å². The van der Waals surface area contributed by atoms with Crippen LogP contribution in [0, 0.1) is 30.6 Å². The first-order valence-corrected chi connectivity index (χ1v) is 20.0. The van der Waals surface area contributed by atoms with Crippen LogP contribution in [-0.2, 0) is 19.8 Å². The number of carbonyl (C=O) groups excluding carboxylic acids is 3. The summed E-state index contributed by atoms with van der Waals surface area (Å²) in [4.78, 5) is 57.4. The molecule has 3 atom stereocenters. The average molecular weight is 731 g/mol. The lowest BCUT2D eigenvalue weighted by Crippen LogP contribution is -2.50. The van der Waals surface area contributed by atoms with Gasteiger partial charge in [0.25, 0.3) is 5.91 Å². The minimum atomic E-state index is -3.98. The molecule has 0 spiro atoms. The molecule has 5 N–H and O–H groups in total. The van der Waals surface area contributed by atoms with Gasteiger partial charge in [-0.05, 0) is 93.4 Å². The second-order valence-electron chi connectivity index (χ2n) is 14.9. The number of rotatable bonds is 10. The molecule has 15 heteroatoms. The highest BCUT2D eigenvalue weighted by Crippen LogP contribution is 2.41. The molecule has 4 fully saturated rings. The Morgan fingerprint density at radius 1 is 0.941 bits per heavy atom. The van der Waals surface area contributed by atoms with Gasteiger partial charge in [-0.2, -0.15) is 12.7 Å². The fourth-order valence-electron chi connectivity index (χ4n) is 9.08. The number of alkyl halides is 1. The predicted octanol–water partition coefficient (Wildman–Crippen LogP) is 5.08. The first kappa shape index (κ1) is 37.1. The molecule has 0 radical (unpaired) electrons. The average Bonchev–Trinajstić information content (AvgIpc) is 3.72. The van der Waals surface area contributed by atoms with Crippen molar-refractivity contribution in [1.82, 2.24) is 24.2 Å². The third kappa shape index (κ3) is 8.19. The molecule has 2 aromatic rings. The predicted molar refractivity (Wildman–Crippen MR) is 190 cm³/mol. The minimum absolute atomic E-state index is 0.0242. The van der Waals surface area contributed by atoms with E-state index in [1.807, 2.05) is 0 Å². The summed E-state index contributed by atoms with van der Waals surface area (Å²) in [6.07, 6.45) is 9.45. The molecule has 0 unspecified atom stereocenters. The molecular weight excluding hydrogens is 679 g/mol. The molecule has 2 aliphatic carbocycles. The smallest absolute Gasteiger partial charge is 0.404 e. The van der Waals surface area contributed by atoms with Crippen LogP contribution in [0.1, 0.15) is 99.5 Å². The zero-order chi connectivity index (χ0) is 36.3. The Balaban J connectivity index is 1.17. The van der Waals surface area contributed by atoms with Gasteiger partial charge in [-0.25, -0.2) is 13.9 Å². The van der Waals surface area contributed by atoms with Crippen LogP contribution in [0.15, 0.2) is 18.2 Å². The van der Waals surface area contributed by atoms with Crippen LogP contribution in [0.25, 0.3) is 10.9 Å². The van der Waals surface area contributed by atoms with Crippen molar-refractivity contribution in [1.29, 1.82) is 0 Å². The monoisotopic (exact) mass is 730 g/mol. The van der Waals surface area contributed by atoms with E-state index in [0.717, 1.165) is 51.4 Å². The van der Waals surface area contributed by atoms with Crippen LogP contribution >= 0.6 is 0 Å². The molecule has 2 saturated heterocycles. The van der Waals surface area contributed by atoms with Crippen LogP contribution < -0.4 is 15.4 Å². The number of amides is 4. The molecule has 2 aliphatic heterocycles. The van der Waals surface area contributed by atoms with Crippen LogP contribution in [0.4, 0.5) is 14.9 Å². The summed E-state index contributed by atoms with van der Waals surface area (Å²) in [6.45, 7) is 2.16. The summed E-state index contributed by atoms with van der Waals surface area (Å²) < 4.78 is 42.9. The lowest BCUT2D eigenvalue weighted by Gasteiger charge is -2.37. The molecule has 4 amide bonds. The maximum absolute atomic E-state index is 14.2. The van der Waals surface area contributed by atoms with Crippen molar-refractivity contribution in [3.8, 4) is 0 Å². The number of H-pyrrole nitrogens is 1. The van der Waals surface area contributed by atoms with E-state index >= 15 is 0 Å². The van der Waals surface area contributed by atoms with Crippen LogP contribution in [-0.4, -0.2) is 89.9 Å². The SMILES string of the molecule is Cc1c(C(=O)NS(=O)(=O)N2CCCCC2)[nH]c2ccc(NC(=O)[C@@H]3[C@H](C4CCCCC4)CCN3C(=O)C3CCC([C@@H](CF)NC(=O)O)CC3)cc12. The molecule has 3 heterocycles. The molecule has 2 saturated carbocycles. The third-order valence-electron chi connectivity index (χ3n) is 11.8. The van der Waals surface area contributed by atoms with E-state index in [1.165, 1.54) is 10.7 Å². The summed E-state index contributed by atoms with van der Waals surface area (Å²) in [7, 11) is -3.98. The normalized spacial score (nSPS) is 25.7. The van der Waals surface area contributed by atoms with Crippen molar-refractivity contribution >= 4 is 50.6 Å². The maximum Gasteiger partial charge on any atom is 0.404 e. The Kier molecular flexibility index (Phi) is 11.5. The number of hydrogen-bond acceptors (Lipinski definition) is 6. The molecule has 280 valence electrons. The number of carbonyl (C=O) groups is 4. The Bertz CT molecular complexity index is 1710. The van der Waals surface area contributed by atoms with Crippen molar-refractivity contribution in [3.63, 3.8) is 0 Å². The number of hydrogen-bond donors (Lipinski definition) is 5. The molecule has 4 aliphatic rings. The molecule has 6 rings (SSSR count). The first-order chi connectivity index (χ1) is 24.5. The van der Waals surface area contributed by atoms with Gasteiger partial charge in [0.2, 0.25) is 11.8 Å². The van der Waals surface area contributed by atoms with Crippen LogP contribution in [0.5, 0.6) is 0 Å². The molecule has 51 heavy (non-hydrogen) atoms. The second-order valence-corrected chi connectivity index (χ2v) is 16.6. The van der Waals surface area contributed by atoms with Crippen molar-refractivity contribution in [2.24, 2.45) is 23.7 Å². The number of aromatic nitrogens is 1. The largest absolute Gasteiger partial charge is 0.465 e. The summed E-state index contributed by atoms with van der Waals surface area (Å²) in [5.74, 6) is -1.20. The number of fused-ring (bicyclic) bond motifs is 1. The highest BCUT2D eigenvalue weighted by Gasteiger charge is 2.47. The van der Waals surface area contributed by atoms with Gasteiger partial charge in [0.15, 0.2) is 0 Å². The fraction of sp³-hybridized carbons (Fsp3) is 0.667. The zero-order valence-corrected chi connectivity index (χ0v) is 30.1. The lowest BCUT2D eigenvalue weighted by molar-refractivity contribution is -0.142. The van der Waals surface area contributed by atoms with Gasteiger partial charge >= 0.3 is 16.3 Å². The highest BCUT2D eigenvalue weighted by molar-refractivity contribution is 7.87. The van der Waals surface area contributed by atoms with E-state index in [4.69, 9.17) is 5.11 Å². The van der Waals surface area contributed by atoms with Crippen LogP contribution in [0.2, 0.25) is 0 Å². The Hall–Kier alpha value is -3.72. The Morgan fingerprint density at radius 3 is 2.29 bits per heavy atom. The van der Waals surface area contributed by atoms with Crippen molar-refractivity contribution < 1.29 is 37.1 Å². The molecule has 0 bridgehead atoms. The molecule has 1 aromatic carbocycles. The fourth-order valence-corrected chi connectivity index (χ4v) is 10.3. The van der Waals surface area contributed by atoms with Crippen LogP contribution in [0.3, 0.4) is 0 Å². The quantitative estimate of drug-likeness (QED) is 0.226. The van der Waals surface area contributed by atoms with E-state index in [2.05, 4.69) is 20.3 Å². The summed E-state index contributed by atoms with van der Waals surface area (Å²) >= 11 is 0. The van der Waals surface area contributed by atoms with Crippen molar-refractivity contribution in [3.05, 3.63) is 29.5 Å². The van der Waals surface area contributed by atoms with Crippen molar-refractivity contribution in [2.45, 2.75) is 102 Å². The van der Waals surface area contributed by atoms with E-state index in [-0.39, 0.29) is 35.3 Å². The van der Waals surface area contributed by atoms with Gasteiger partial charge in [-0.1, -0.05) is 38.5 Å². The van der Waals surface area contributed by atoms with E-state index in [0.29, 0.717) is 73.4 Å². The van der Waals surface area contributed by atoms with Crippen molar-refractivity contribution in [2.75, 3.05) is 31.6 Å². The minimum Gasteiger partial charge on any atom is -0.465 e. The number of halogens is 1. The summed E-state index contributed by atoms with van der Waals surface area (Å²) in [6, 6.07) is 3.80. The number of likely N-dealkylation sites (tertiary alicyclic amines) is 1. The number of benzene rings is 1. The Morgan fingerprint density at radius 2 is 1.63 bits per heavy atom. The number of aryl methyl sites for hydroxylation is 1. The Labute approximate surface area is 298 Å². The summed E-state index contributed by atoms with van der Waals surface area (Å²) in [5.41, 5.74) is 1.81. The highest BCUT2D eigenvalue weighted by atomic mass is 32.2. The maximum atomic E-state index is 14.2. The molecular formula is C36H51FN6O7S. The van der Waals surface area contributed by atoms with Gasteiger partial charge in [-0.15, -0.1) is 0 Å². The number of nitrogens with zero attached hydrogens (tertiary/aromatic N) is 2. The molecule has 13 nitrogen and oxygen atoms in total. The first-order valence-electron chi connectivity index (χ1n) is 18.6. The van der Waals surface area contributed by atoms with Gasteiger partial charge in [0.1, 0.15) is 18.4 Å². The van der Waals surface area contributed by atoms with E-state index in [1.54, 1.807) is 30.0 Å². The number of carboxylic acid groups (broad SMARTS) is 1. The summed E-state index contributed by atoms with van der Waals surface area (Å²) in [5, 5.41) is 15.1. The van der Waals surface area contributed by atoms with Gasteiger partial charge in [0.05, 0.1) is 6.04 Å². The lowest BCUT2D eigenvalue weighted by atomic mass is 9.76. The van der Waals surface area contributed by atoms with Gasteiger partial charge in [-0.3, -0.25) is 14.4 Å². The number of aromatic amines is 1. The number of nitrogens with one attached hydrogen (secondary N) is 4. The van der Waals surface area contributed by atoms with Gasteiger partial charge in [0, 0.05) is 42.1 Å². The number of anilines is 1. The molecule has 1 aromatic heterocycles. The standard InChI is InChI=1S/C36H51FN6O7S/c1-22-28-20-26(14-15-29(28)39-31(22)33(44)41-51(49,50)42-17-6-3-7-18-42)38-34(45)32-27(23-8-4-2-5-9-23)16-19-43(32)35(46)25-12-10-24(11-13-25)30(21-37)40-36(47)48/h14-15,20,23-25,27,30,32,39-40H,2-13,16-19,21H2,1H3,(H,38,45)(H,41,44)(H,47,48)/t24?,25?,27-,30+,32-/m0/s1. The van der Waals surface area contributed by atoms with Gasteiger partial charge < -0.3 is 25.6 Å². The second kappa shape index (κ2) is 15.9. The third-order valence-corrected chi connectivity index (χ3v) is 13.3. The van der Waals surface area contributed by atoms with E-state index < -0.39 is 41.0 Å².